The van der Waals surface area contributed by atoms with Gasteiger partial charge in [-0.1, -0.05) is 12.8 Å². The maximum Gasteiger partial charge on any atom is 0.137 e. The van der Waals surface area contributed by atoms with Crippen LogP contribution in [0, 0.1) is 11.8 Å². The van der Waals surface area contributed by atoms with Crippen LogP contribution < -0.4 is 0 Å². The fourth-order valence-electron chi connectivity index (χ4n) is 5.44. The summed E-state index contributed by atoms with van der Waals surface area (Å²) in [6.45, 7) is 3.36. The average molecular weight is 373 g/mol. The molecule has 1 N–H and O–H groups in total. The first-order valence-corrected chi connectivity index (χ1v) is 10.9. The van der Waals surface area contributed by atoms with Gasteiger partial charge in [0, 0.05) is 29.4 Å². The van der Waals surface area contributed by atoms with Crippen LogP contribution in [0.4, 0.5) is 0 Å². The topological polar surface area (TPSA) is 54.2 Å². The van der Waals surface area contributed by atoms with Crippen LogP contribution in [0.3, 0.4) is 0 Å². The highest BCUT2D eigenvalue weighted by Crippen LogP contribution is 2.42. The number of likely N-dealkylation sites (tertiary alicyclic amines) is 1. The molecule has 0 radical (unpaired) electrons. The van der Waals surface area contributed by atoms with E-state index in [-0.39, 0.29) is 12.1 Å². The monoisotopic (exact) mass is 372 g/mol. The van der Waals surface area contributed by atoms with Crippen LogP contribution in [0.1, 0.15) is 60.2 Å². The largest absolute Gasteiger partial charge is 0.391 e. The standard InChI is InChI=1S/C20H28N4OS/c25-19-8-16-10-23(9-15(16)7-18(19)24-13-21-12-22-24)11-17-5-6-20(26-17)14-3-1-2-4-14/h5-6,12-16,18-19,25H,1-4,7-11H2/t15-,16+,18-,19-/m1/s1. The first-order chi connectivity index (χ1) is 12.8. The molecule has 3 fully saturated rings. The molecular weight excluding hydrogens is 344 g/mol. The molecule has 0 amide bonds. The first kappa shape index (κ1) is 16.9. The summed E-state index contributed by atoms with van der Waals surface area (Å²) in [4.78, 5) is 9.78. The van der Waals surface area contributed by atoms with E-state index in [1.54, 1.807) is 17.5 Å². The molecule has 1 aliphatic heterocycles. The van der Waals surface area contributed by atoms with Gasteiger partial charge in [0.1, 0.15) is 12.7 Å². The van der Waals surface area contributed by atoms with Gasteiger partial charge in [-0.2, -0.15) is 5.10 Å². The SMILES string of the molecule is O[C@@H]1C[C@H]2CN(Cc3ccc(C4CCCC4)s3)C[C@H]2C[C@H]1n1cncn1. The Kier molecular flexibility index (Phi) is 4.59. The lowest BCUT2D eigenvalue weighted by Crippen LogP contribution is -2.36. The van der Waals surface area contributed by atoms with Crippen molar-refractivity contribution in [2.24, 2.45) is 11.8 Å². The Labute approximate surface area is 159 Å². The molecule has 6 heteroatoms. The smallest absolute Gasteiger partial charge is 0.137 e. The molecule has 2 saturated carbocycles. The van der Waals surface area contributed by atoms with Crippen LogP contribution >= 0.6 is 11.3 Å². The van der Waals surface area contributed by atoms with E-state index in [1.165, 1.54) is 30.6 Å². The number of rotatable bonds is 4. The zero-order valence-electron chi connectivity index (χ0n) is 15.2. The summed E-state index contributed by atoms with van der Waals surface area (Å²) in [7, 11) is 0. The van der Waals surface area contributed by atoms with Gasteiger partial charge < -0.3 is 5.11 Å². The summed E-state index contributed by atoms with van der Waals surface area (Å²) in [5, 5.41) is 14.8. The molecule has 2 aliphatic carbocycles. The molecular formula is C20H28N4OS. The van der Waals surface area contributed by atoms with Gasteiger partial charge in [0.2, 0.25) is 0 Å². The maximum atomic E-state index is 10.6. The van der Waals surface area contributed by atoms with E-state index in [9.17, 15) is 5.11 Å². The Bertz CT molecular complexity index is 724. The van der Waals surface area contributed by atoms with E-state index in [2.05, 4.69) is 27.1 Å². The average Bonchev–Trinajstić information content (AvgIpc) is 3.41. The van der Waals surface area contributed by atoms with Crippen molar-refractivity contribution < 1.29 is 5.11 Å². The third-order valence-electron chi connectivity index (χ3n) is 6.78. The molecule has 0 spiro atoms. The Hall–Kier alpha value is -1.24. The second-order valence-electron chi connectivity index (χ2n) is 8.48. The summed E-state index contributed by atoms with van der Waals surface area (Å²) < 4.78 is 1.86. The van der Waals surface area contributed by atoms with E-state index in [0.29, 0.717) is 11.8 Å². The van der Waals surface area contributed by atoms with Gasteiger partial charge in [-0.25, -0.2) is 9.67 Å². The predicted octanol–water partition coefficient (Wildman–Crippen LogP) is 3.44. The predicted molar refractivity (Wildman–Crippen MR) is 102 cm³/mol. The zero-order valence-corrected chi connectivity index (χ0v) is 16.0. The van der Waals surface area contributed by atoms with Gasteiger partial charge in [-0.3, -0.25) is 4.90 Å². The van der Waals surface area contributed by atoms with Crippen molar-refractivity contribution in [1.82, 2.24) is 19.7 Å². The van der Waals surface area contributed by atoms with E-state index in [0.717, 1.165) is 38.4 Å². The van der Waals surface area contributed by atoms with Gasteiger partial charge in [0.25, 0.3) is 0 Å². The molecule has 26 heavy (non-hydrogen) atoms. The molecule has 0 unspecified atom stereocenters. The van der Waals surface area contributed by atoms with Crippen molar-refractivity contribution in [3.05, 3.63) is 34.5 Å². The van der Waals surface area contributed by atoms with E-state index in [4.69, 9.17) is 0 Å². The number of nitrogens with zero attached hydrogens (tertiary/aromatic N) is 4. The van der Waals surface area contributed by atoms with Gasteiger partial charge in [-0.05, 0) is 55.6 Å². The Morgan fingerprint density at radius 2 is 1.92 bits per heavy atom. The van der Waals surface area contributed by atoms with Gasteiger partial charge in [0.05, 0.1) is 12.1 Å². The Balaban J connectivity index is 1.22. The number of thiophene rings is 1. The molecule has 0 aromatic carbocycles. The van der Waals surface area contributed by atoms with Crippen molar-refractivity contribution in [2.75, 3.05) is 13.1 Å². The van der Waals surface area contributed by atoms with Crippen LogP contribution in [0.15, 0.2) is 24.8 Å². The Morgan fingerprint density at radius 1 is 1.12 bits per heavy atom. The molecule has 5 nitrogen and oxygen atoms in total. The third kappa shape index (κ3) is 3.23. The van der Waals surface area contributed by atoms with Crippen molar-refractivity contribution in [1.29, 1.82) is 0 Å². The Morgan fingerprint density at radius 3 is 2.69 bits per heavy atom. The molecule has 0 bridgehead atoms. The molecule has 140 valence electrons. The molecule has 2 aromatic heterocycles. The number of aliphatic hydroxyl groups is 1. The van der Waals surface area contributed by atoms with E-state index >= 15 is 0 Å². The summed E-state index contributed by atoms with van der Waals surface area (Å²) in [6, 6.07) is 4.83. The lowest BCUT2D eigenvalue weighted by Gasteiger charge is -2.35. The van der Waals surface area contributed by atoms with Crippen LogP contribution in [0.25, 0.3) is 0 Å². The summed E-state index contributed by atoms with van der Waals surface area (Å²) in [5.41, 5.74) is 0. The fourth-order valence-corrected chi connectivity index (χ4v) is 6.66. The zero-order chi connectivity index (χ0) is 17.5. The second kappa shape index (κ2) is 7.06. The highest BCUT2D eigenvalue weighted by Gasteiger charge is 2.42. The summed E-state index contributed by atoms with van der Waals surface area (Å²) >= 11 is 2.04. The quantitative estimate of drug-likeness (QED) is 0.893. The minimum Gasteiger partial charge on any atom is -0.391 e. The number of fused-ring (bicyclic) bond motifs is 1. The number of hydrogen-bond donors (Lipinski definition) is 1. The maximum absolute atomic E-state index is 10.6. The fraction of sp³-hybridized carbons (Fsp3) is 0.700. The van der Waals surface area contributed by atoms with Crippen LogP contribution in [0.5, 0.6) is 0 Å². The second-order valence-corrected chi connectivity index (χ2v) is 9.68. The molecule has 5 rings (SSSR count). The van der Waals surface area contributed by atoms with Gasteiger partial charge >= 0.3 is 0 Å². The van der Waals surface area contributed by atoms with Crippen molar-refractivity contribution in [3.8, 4) is 0 Å². The molecule has 4 atom stereocenters. The number of hydrogen-bond acceptors (Lipinski definition) is 5. The first-order valence-electron chi connectivity index (χ1n) is 10.1. The summed E-state index contributed by atoms with van der Waals surface area (Å²) in [5.74, 6) is 2.12. The minimum absolute atomic E-state index is 0.0920. The highest BCUT2D eigenvalue weighted by molar-refractivity contribution is 7.12. The molecule has 2 aromatic rings. The number of aliphatic hydroxyl groups excluding tert-OH is 1. The van der Waals surface area contributed by atoms with Gasteiger partial charge in [-0.15, -0.1) is 11.3 Å². The molecule has 1 saturated heterocycles. The lowest BCUT2D eigenvalue weighted by atomic mass is 9.77. The van der Waals surface area contributed by atoms with Crippen LogP contribution in [-0.4, -0.2) is 44.0 Å². The normalized spacial score (nSPS) is 33.0. The van der Waals surface area contributed by atoms with Crippen LogP contribution in [0.2, 0.25) is 0 Å². The van der Waals surface area contributed by atoms with Crippen LogP contribution in [-0.2, 0) is 6.54 Å². The van der Waals surface area contributed by atoms with E-state index < -0.39 is 0 Å². The van der Waals surface area contributed by atoms with E-state index in [1.807, 2.05) is 16.0 Å². The van der Waals surface area contributed by atoms with Gasteiger partial charge in [0.15, 0.2) is 0 Å². The lowest BCUT2D eigenvalue weighted by molar-refractivity contribution is 0.0304. The van der Waals surface area contributed by atoms with Crippen molar-refractivity contribution in [3.63, 3.8) is 0 Å². The highest BCUT2D eigenvalue weighted by atomic mass is 32.1. The molecule has 3 heterocycles. The number of aromatic nitrogens is 3. The third-order valence-corrected chi connectivity index (χ3v) is 8.01. The van der Waals surface area contributed by atoms with Crippen molar-refractivity contribution >= 4 is 11.3 Å². The van der Waals surface area contributed by atoms with Crippen molar-refractivity contribution in [2.45, 2.75) is 63.1 Å². The minimum atomic E-state index is -0.298. The summed E-state index contributed by atoms with van der Waals surface area (Å²) in [6.07, 6.45) is 10.5. The molecule has 3 aliphatic rings.